The van der Waals surface area contributed by atoms with Crippen molar-refractivity contribution in [3.63, 3.8) is 0 Å². The maximum atomic E-state index is 11.1. The second-order valence-corrected chi connectivity index (χ2v) is 3.36. The molecule has 0 N–H and O–H groups in total. The van der Waals surface area contributed by atoms with Gasteiger partial charge >= 0.3 is 5.97 Å². The van der Waals surface area contributed by atoms with E-state index in [2.05, 4.69) is 27.2 Å². The Balaban J connectivity index is 4.54. The van der Waals surface area contributed by atoms with Crippen molar-refractivity contribution in [3.8, 4) is 0 Å². The summed E-state index contributed by atoms with van der Waals surface area (Å²) < 4.78 is 5.31. The Morgan fingerprint density at radius 1 is 1.54 bits per heavy atom. The second kappa shape index (κ2) is 6.66. The third-order valence-corrected chi connectivity index (χ3v) is 1.55. The Labute approximate surface area is 87.1 Å². The average molecular weight is 245 g/mol. The first-order valence-electron chi connectivity index (χ1n) is 3.92. The van der Waals surface area contributed by atoms with Crippen LogP contribution in [0.4, 0.5) is 0 Å². The summed E-state index contributed by atoms with van der Waals surface area (Å²) in [5.74, 6) is -0.327. The van der Waals surface area contributed by atoms with Crippen LogP contribution in [0.15, 0.2) is 34.9 Å². The Hall–Kier alpha value is -0.830. The lowest BCUT2D eigenvalue weighted by molar-refractivity contribution is -0.135. The molecule has 0 aliphatic heterocycles. The van der Waals surface area contributed by atoms with Crippen LogP contribution in [0.2, 0.25) is 0 Å². The molecule has 0 saturated heterocycles. The summed E-state index contributed by atoms with van der Waals surface area (Å²) >= 11 is 3.16. The van der Waals surface area contributed by atoms with E-state index < -0.39 is 0 Å². The maximum absolute atomic E-state index is 11.1. The van der Waals surface area contributed by atoms with Crippen LogP contribution >= 0.6 is 15.9 Å². The Kier molecular flexibility index (Phi) is 6.24. The van der Waals surface area contributed by atoms with Crippen molar-refractivity contribution in [1.29, 1.82) is 0 Å². The van der Waals surface area contributed by atoms with Gasteiger partial charge in [-0.2, -0.15) is 0 Å². The molecule has 0 atom stereocenters. The molecule has 0 heterocycles. The number of allylic oxidation sites excluding steroid dienone is 3. The van der Waals surface area contributed by atoms with Gasteiger partial charge in [0.1, 0.15) is 0 Å². The Morgan fingerprint density at radius 2 is 2.15 bits per heavy atom. The molecule has 2 nitrogen and oxygen atoms in total. The molecule has 0 bridgehead atoms. The van der Waals surface area contributed by atoms with Crippen molar-refractivity contribution in [2.45, 2.75) is 13.3 Å². The highest BCUT2D eigenvalue weighted by atomic mass is 79.9. The summed E-state index contributed by atoms with van der Waals surface area (Å²) in [5.41, 5.74) is 0.547. The van der Waals surface area contributed by atoms with E-state index in [4.69, 9.17) is 0 Å². The minimum Gasteiger partial charge on any atom is -0.465 e. The fourth-order valence-electron chi connectivity index (χ4n) is 0.737. The Bertz CT molecular complexity index is 252. The molecule has 0 aromatic rings. The summed E-state index contributed by atoms with van der Waals surface area (Å²) in [6, 6.07) is 0. The van der Waals surface area contributed by atoms with Gasteiger partial charge in [0.25, 0.3) is 0 Å². The minimum absolute atomic E-state index is 0.327. The first kappa shape index (κ1) is 12.2. The van der Waals surface area contributed by atoms with E-state index in [1.54, 1.807) is 18.2 Å². The number of halogens is 1. The number of carbonyl (C=O) groups excluding carboxylic acids is 1. The van der Waals surface area contributed by atoms with Crippen LogP contribution in [0, 0.1) is 0 Å². The highest BCUT2D eigenvalue weighted by molar-refractivity contribution is 9.11. The fourth-order valence-corrected chi connectivity index (χ4v) is 0.870. The summed E-state index contributed by atoms with van der Waals surface area (Å²) in [5, 5.41) is 0. The number of methoxy groups -OCH3 is 1. The molecular weight excluding hydrogens is 232 g/mol. The molecule has 0 aliphatic carbocycles. The van der Waals surface area contributed by atoms with Crippen LogP contribution in [0.1, 0.15) is 13.3 Å². The van der Waals surface area contributed by atoms with Crippen LogP contribution < -0.4 is 0 Å². The molecule has 0 aliphatic rings. The smallest absolute Gasteiger partial charge is 0.337 e. The van der Waals surface area contributed by atoms with Gasteiger partial charge in [-0.1, -0.05) is 35.5 Å². The standard InChI is InChI=1S/C10H13BrO2/c1-4-5-9(10(12)13-3)7-6-8(2)11/h5-7H,2,4H2,1,3H3/b7-6-,9-5+. The number of rotatable bonds is 4. The van der Waals surface area contributed by atoms with Gasteiger partial charge in [-0.3, -0.25) is 0 Å². The number of esters is 1. The number of hydrogen-bond donors (Lipinski definition) is 0. The van der Waals surface area contributed by atoms with Gasteiger partial charge in [0.15, 0.2) is 0 Å². The molecule has 0 unspecified atom stereocenters. The predicted octanol–water partition coefficient (Wildman–Crippen LogP) is 2.96. The maximum Gasteiger partial charge on any atom is 0.337 e. The molecule has 3 heteroatoms. The number of carbonyl (C=O) groups is 1. The van der Waals surface area contributed by atoms with Crippen molar-refractivity contribution in [2.24, 2.45) is 0 Å². The van der Waals surface area contributed by atoms with Crippen LogP contribution in [-0.2, 0) is 9.53 Å². The first-order chi connectivity index (χ1) is 6.11. The van der Waals surface area contributed by atoms with Gasteiger partial charge in [0.2, 0.25) is 0 Å². The number of ether oxygens (including phenoxy) is 1. The molecule has 0 radical (unpaired) electrons. The molecule has 0 aromatic heterocycles. The van der Waals surface area contributed by atoms with Gasteiger partial charge in [0, 0.05) is 4.48 Å². The SMILES string of the molecule is C=C(Br)/C=C\C(=C/CC)C(=O)OC. The third-order valence-electron chi connectivity index (χ3n) is 1.29. The van der Waals surface area contributed by atoms with Crippen molar-refractivity contribution in [2.75, 3.05) is 7.11 Å². The highest BCUT2D eigenvalue weighted by Crippen LogP contribution is 2.07. The van der Waals surface area contributed by atoms with E-state index >= 15 is 0 Å². The van der Waals surface area contributed by atoms with Crippen LogP contribution in [0.25, 0.3) is 0 Å². The van der Waals surface area contributed by atoms with Crippen molar-refractivity contribution in [1.82, 2.24) is 0 Å². The quantitative estimate of drug-likeness (QED) is 0.432. The normalized spacial score (nSPS) is 11.8. The fraction of sp³-hybridized carbons (Fsp3) is 0.300. The van der Waals surface area contributed by atoms with E-state index in [1.807, 2.05) is 6.92 Å². The van der Waals surface area contributed by atoms with Gasteiger partial charge in [-0.15, -0.1) is 0 Å². The topological polar surface area (TPSA) is 26.3 Å². The van der Waals surface area contributed by atoms with Gasteiger partial charge in [-0.25, -0.2) is 4.79 Å². The average Bonchev–Trinajstić information content (AvgIpc) is 2.10. The third kappa shape index (κ3) is 5.42. The monoisotopic (exact) mass is 244 g/mol. The molecule has 72 valence electrons. The molecule has 0 fully saturated rings. The zero-order valence-corrected chi connectivity index (χ0v) is 9.43. The zero-order chi connectivity index (χ0) is 10.3. The summed E-state index contributed by atoms with van der Waals surface area (Å²) in [6.45, 7) is 5.58. The van der Waals surface area contributed by atoms with E-state index in [9.17, 15) is 4.79 Å². The van der Waals surface area contributed by atoms with Crippen LogP contribution in [-0.4, -0.2) is 13.1 Å². The Morgan fingerprint density at radius 3 is 2.54 bits per heavy atom. The lowest BCUT2D eigenvalue weighted by Gasteiger charge is -1.98. The predicted molar refractivity (Wildman–Crippen MR) is 57.6 cm³/mol. The van der Waals surface area contributed by atoms with Crippen LogP contribution in [0.3, 0.4) is 0 Å². The molecule has 0 rings (SSSR count). The van der Waals surface area contributed by atoms with Crippen LogP contribution in [0.5, 0.6) is 0 Å². The van der Waals surface area contributed by atoms with E-state index in [0.29, 0.717) is 5.57 Å². The molecule has 0 spiro atoms. The van der Waals surface area contributed by atoms with Gasteiger partial charge < -0.3 is 4.74 Å². The summed E-state index contributed by atoms with van der Waals surface area (Å²) in [6.07, 6.45) is 5.98. The number of hydrogen-bond acceptors (Lipinski definition) is 2. The van der Waals surface area contributed by atoms with E-state index in [0.717, 1.165) is 10.9 Å². The first-order valence-corrected chi connectivity index (χ1v) is 4.72. The van der Waals surface area contributed by atoms with Gasteiger partial charge in [0.05, 0.1) is 12.7 Å². The van der Waals surface area contributed by atoms with E-state index in [-0.39, 0.29) is 5.97 Å². The van der Waals surface area contributed by atoms with E-state index in [1.165, 1.54) is 7.11 Å². The van der Waals surface area contributed by atoms with Crippen molar-refractivity contribution >= 4 is 21.9 Å². The van der Waals surface area contributed by atoms with Crippen molar-refractivity contribution in [3.05, 3.63) is 34.9 Å². The minimum atomic E-state index is -0.327. The second-order valence-electron chi connectivity index (χ2n) is 2.34. The highest BCUT2D eigenvalue weighted by Gasteiger charge is 2.03. The summed E-state index contributed by atoms with van der Waals surface area (Å²) in [4.78, 5) is 11.1. The molecular formula is C10H13BrO2. The lowest BCUT2D eigenvalue weighted by atomic mass is 10.2. The largest absolute Gasteiger partial charge is 0.465 e. The molecule has 0 aromatic carbocycles. The molecule has 13 heavy (non-hydrogen) atoms. The molecule has 0 saturated carbocycles. The van der Waals surface area contributed by atoms with Gasteiger partial charge in [-0.05, 0) is 18.6 Å². The zero-order valence-electron chi connectivity index (χ0n) is 7.84. The van der Waals surface area contributed by atoms with Crippen molar-refractivity contribution < 1.29 is 9.53 Å². The summed E-state index contributed by atoms with van der Waals surface area (Å²) in [7, 11) is 1.36. The lowest BCUT2D eigenvalue weighted by Crippen LogP contribution is -2.02. The molecule has 0 amide bonds.